The van der Waals surface area contributed by atoms with Crippen LogP contribution in [0.15, 0.2) is 6.07 Å². The zero-order chi connectivity index (χ0) is 15.0. The minimum atomic E-state index is -0.197. The molecule has 2 aromatic heterocycles. The number of rotatable bonds is 3. The van der Waals surface area contributed by atoms with Crippen LogP contribution in [0, 0.1) is 6.92 Å². The molecule has 112 valence electrons. The summed E-state index contributed by atoms with van der Waals surface area (Å²) in [5.74, 6) is -0.197. The van der Waals surface area contributed by atoms with Gasteiger partial charge in [0, 0.05) is 37.1 Å². The summed E-state index contributed by atoms with van der Waals surface area (Å²) < 4.78 is 1.70. The number of likely N-dealkylation sites (N-methyl/N-ethyl adjacent to an activating group) is 1. The third-order valence-corrected chi connectivity index (χ3v) is 4.82. The second-order valence-electron chi connectivity index (χ2n) is 5.26. The lowest BCUT2D eigenvalue weighted by Gasteiger charge is -2.23. The molecule has 6 nitrogen and oxygen atoms in total. The molecule has 1 aliphatic rings. The number of carbonyl (C=O) groups excluding carboxylic acids is 1. The number of aromatic nitrogens is 3. The Hall–Kier alpha value is -1.73. The van der Waals surface area contributed by atoms with Gasteiger partial charge in [-0.05, 0) is 19.5 Å². The fourth-order valence-electron chi connectivity index (χ4n) is 2.40. The number of thiazole rings is 1. The van der Waals surface area contributed by atoms with Crippen LogP contribution in [0.1, 0.15) is 33.7 Å². The van der Waals surface area contributed by atoms with Crippen molar-refractivity contribution in [1.29, 1.82) is 0 Å². The molecule has 0 radical (unpaired) electrons. The highest BCUT2D eigenvalue weighted by molar-refractivity contribution is 7.15. The van der Waals surface area contributed by atoms with Crippen molar-refractivity contribution in [3.05, 3.63) is 28.0 Å². The first kappa shape index (κ1) is 14.2. The highest BCUT2D eigenvalue weighted by Crippen LogP contribution is 2.28. The molecule has 0 spiro atoms. The van der Waals surface area contributed by atoms with Gasteiger partial charge in [0.15, 0.2) is 10.8 Å². The van der Waals surface area contributed by atoms with Crippen LogP contribution in [0.2, 0.25) is 0 Å². The van der Waals surface area contributed by atoms with Crippen molar-refractivity contribution in [2.24, 2.45) is 7.05 Å². The SMILES string of the molecule is CCN1CCc2nc(NC(=O)c3cc(C)n(C)n3)sc2C1. The number of anilines is 1. The van der Waals surface area contributed by atoms with E-state index in [1.807, 2.05) is 14.0 Å². The third-order valence-electron chi connectivity index (χ3n) is 3.82. The summed E-state index contributed by atoms with van der Waals surface area (Å²) in [4.78, 5) is 20.4. The number of amides is 1. The Morgan fingerprint density at radius 1 is 1.52 bits per heavy atom. The maximum atomic E-state index is 12.2. The van der Waals surface area contributed by atoms with Gasteiger partial charge in [0.1, 0.15) is 0 Å². The first-order valence-corrected chi connectivity index (χ1v) is 7.91. The average Bonchev–Trinajstić information content (AvgIpc) is 3.01. The number of nitrogens with one attached hydrogen (secondary N) is 1. The number of hydrogen-bond acceptors (Lipinski definition) is 5. The van der Waals surface area contributed by atoms with Crippen molar-refractivity contribution in [3.63, 3.8) is 0 Å². The Morgan fingerprint density at radius 2 is 2.33 bits per heavy atom. The minimum Gasteiger partial charge on any atom is -0.298 e. The largest absolute Gasteiger partial charge is 0.298 e. The lowest BCUT2D eigenvalue weighted by Crippen LogP contribution is -2.29. The minimum absolute atomic E-state index is 0.197. The zero-order valence-electron chi connectivity index (χ0n) is 12.5. The molecule has 1 aliphatic heterocycles. The lowest BCUT2D eigenvalue weighted by atomic mass is 10.2. The average molecular weight is 305 g/mol. The van der Waals surface area contributed by atoms with E-state index in [4.69, 9.17) is 0 Å². The molecular formula is C14H19N5OS. The molecule has 7 heteroatoms. The molecule has 0 unspecified atom stereocenters. The maximum Gasteiger partial charge on any atom is 0.277 e. The fraction of sp³-hybridized carbons (Fsp3) is 0.500. The van der Waals surface area contributed by atoms with E-state index in [-0.39, 0.29) is 5.91 Å². The summed E-state index contributed by atoms with van der Waals surface area (Å²) in [6.45, 7) is 7.11. The topological polar surface area (TPSA) is 63.1 Å². The van der Waals surface area contributed by atoms with Gasteiger partial charge >= 0.3 is 0 Å². The summed E-state index contributed by atoms with van der Waals surface area (Å²) in [7, 11) is 1.83. The van der Waals surface area contributed by atoms with Crippen molar-refractivity contribution >= 4 is 22.4 Å². The Labute approximate surface area is 127 Å². The summed E-state index contributed by atoms with van der Waals surface area (Å²) in [6, 6.07) is 1.78. The van der Waals surface area contributed by atoms with Gasteiger partial charge < -0.3 is 0 Å². The molecule has 0 bridgehead atoms. The van der Waals surface area contributed by atoms with Gasteiger partial charge in [-0.2, -0.15) is 5.10 Å². The molecule has 2 aromatic rings. The molecule has 0 saturated carbocycles. The van der Waals surface area contributed by atoms with Crippen molar-refractivity contribution in [2.45, 2.75) is 26.8 Å². The highest BCUT2D eigenvalue weighted by atomic mass is 32.1. The zero-order valence-corrected chi connectivity index (χ0v) is 13.3. The fourth-order valence-corrected chi connectivity index (χ4v) is 3.45. The molecular weight excluding hydrogens is 286 g/mol. The quantitative estimate of drug-likeness (QED) is 0.939. The monoisotopic (exact) mass is 305 g/mol. The number of aryl methyl sites for hydroxylation is 2. The Balaban J connectivity index is 1.74. The molecule has 0 atom stereocenters. The van der Waals surface area contributed by atoms with Crippen LogP contribution in [0.5, 0.6) is 0 Å². The van der Waals surface area contributed by atoms with Crippen LogP contribution >= 0.6 is 11.3 Å². The van der Waals surface area contributed by atoms with E-state index in [1.54, 1.807) is 22.1 Å². The van der Waals surface area contributed by atoms with Crippen LogP contribution in [0.4, 0.5) is 5.13 Å². The van der Waals surface area contributed by atoms with Gasteiger partial charge in [-0.25, -0.2) is 4.98 Å². The van der Waals surface area contributed by atoms with E-state index in [0.29, 0.717) is 10.8 Å². The molecule has 0 aromatic carbocycles. The molecule has 21 heavy (non-hydrogen) atoms. The molecule has 0 fully saturated rings. The number of carbonyl (C=O) groups is 1. The lowest BCUT2D eigenvalue weighted by molar-refractivity contribution is 0.102. The summed E-state index contributed by atoms with van der Waals surface area (Å²) in [5, 5.41) is 7.72. The summed E-state index contributed by atoms with van der Waals surface area (Å²) >= 11 is 1.57. The third kappa shape index (κ3) is 2.84. The first-order valence-electron chi connectivity index (χ1n) is 7.09. The molecule has 0 saturated heterocycles. The van der Waals surface area contributed by atoms with E-state index < -0.39 is 0 Å². The van der Waals surface area contributed by atoms with Crippen molar-refractivity contribution in [2.75, 3.05) is 18.4 Å². The van der Waals surface area contributed by atoms with E-state index in [0.717, 1.165) is 37.4 Å². The second kappa shape index (κ2) is 5.57. The van der Waals surface area contributed by atoms with E-state index in [1.165, 1.54) is 4.88 Å². The Kier molecular flexibility index (Phi) is 3.77. The van der Waals surface area contributed by atoms with Crippen LogP contribution in [0.3, 0.4) is 0 Å². The van der Waals surface area contributed by atoms with Crippen LogP contribution in [-0.4, -0.2) is 38.7 Å². The molecule has 3 heterocycles. The van der Waals surface area contributed by atoms with Gasteiger partial charge in [-0.1, -0.05) is 6.92 Å². The van der Waals surface area contributed by atoms with Crippen LogP contribution in [0.25, 0.3) is 0 Å². The van der Waals surface area contributed by atoms with Crippen molar-refractivity contribution in [3.8, 4) is 0 Å². The number of nitrogens with zero attached hydrogens (tertiary/aromatic N) is 4. The second-order valence-corrected chi connectivity index (χ2v) is 6.34. The van der Waals surface area contributed by atoms with E-state index in [9.17, 15) is 4.79 Å². The van der Waals surface area contributed by atoms with E-state index >= 15 is 0 Å². The molecule has 1 N–H and O–H groups in total. The van der Waals surface area contributed by atoms with E-state index in [2.05, 4.69) is 27.2 Å². The summed E-state index contributed by atoms with van der Waals surface area (Å²) in [6.07, 6.45) is 0.957. The normalized spacial score (nSPS) is 15.0. The Bertz CT molecular complexity index is 655. The highest BCUT2D eigenvalue weighted by Gasteiger charge is 2.21. The van der Waals surface area contributed by atoms with Crippen LogP contribution < -0.4 is 5.32 Å². The van der Waals surface area contributed by atoms with Crippen molar-refractivity contribution < 1.29 is 4.79 Å². The van der Waals surface area contributed by atoms with Crippen molar-refractivity contribution in [1.82, 2.24) is 19.7 Å². The predicted molar refractivity (Wildman–Crippen MR) is 82.7 cm³/mol. The van der Waals surface area contributed by atoms with Gasteiger partial charge in [0.25, 0.3) is 5.91 Å². The standard InChI is InChI=1S/C14H19N5OS/c1-4-19-6-5-10-12(8-19)21-14(15-10)16-13(20)11-7-9(2)18(3)17-11/h7H,4-6,8H2,1-3H3,(H,15,16,20). The molecule has 0 aliphatic carbocycles. The van der Waals surface area contributed by atoms with Gasteiger partial charge in [-0.3, -0.25) is 19.7 Å². The number of hydrogen-bond donors (Lipinski definition) is 1. The molecule has 1 amide bonds. The predicted octanol–water partition coefficient (Wildman–Crippen LogP) is 1.82. The van der Waals surface area contributed by atoms with Gasteiger partial charge in [0.2, 0.25) is 0 Å². The van der Waals surface area contributed by atoms with Gasteiger partial charge in [0.05, 0.1) is 5.69 Å². The smallest absolute Gasteiger partial charge is 0.277 e. The molecule has 3 rings (SSSR count). The number of fused-ring (bicyclic) bond motifs is 1. The van der Waals surface area contributed by atoms with Gasteiger partial charge in [-0.15, -0.1) is 11.3 Å². The van der Waals surface area contributed by atoms with Crippen LogP contribution in [-0.2, 0) is 20.0 Å². The first-order chi connectivity index (χ1) is 10.1. The Morgan fingerprint density at radius 3 is 3.00 bits per heavy atom. The summed E-state index contributed by atoms with van der Waals surface area (Å²) in [5.41, 5.74) is 2.51. The maximum absolute atomic E-state index is 12.2.